The lowest BCUT2D eigenvalue weighted by molar-refractivity contribution is 0.0646. The van der Waals surface area contributed by atoms with E-state index in [0.29, 0.717) is 19.7 Å². The minimum absolute atomic E-state index is 0.129. The Bertz CT molecular complexity index is 1070. The summed E-state index contributed by atoms with van der Waals surface area (Å²) in [6.45, 7) is 14.8. The lowest BCUT2D eigenvalue weighted by Gasteiger charge is -2.40. The molecule has 40 heavy (non-hydrogen) atoms. The summed E-state index contributed by atoms with van der Waals surface area (Å²) < 4.78 is 25.6. The number of benzene rings is 2. The van der Waals surface area contributed by atoms with Crippen molar-refractivity contribution in [3.63, 3.8) is 0 Å². The molecule has 8 heteroatoms. The van der Waals surface area contributed by atoms with E-state index in [1.807, 2.05) is 60.4 Å². The number of likely N-dealkylation sites (N-methyl/N-ethyl adjacent to an activating group) is 1. The maximum atomic E-state index is 13.0. The number of hydrogen-bond acceptors (Lipinski definition) is 5. The summed E-state index contributed by atoms with van der Waals surface area (Å²) in [5.41, 5.74) is 3.22. The molecule has 0 saturated carbocycles. The Morgan fingerprint density at radius 2 is 1.82 bits per heavy atom. The number of carbonyl (C=O) groups excluding carboxylic acids is 1. The quantitative estimate of drug-likeness (QED) is 0.251. The average molecular weight is 570 g/mol. The zero-order valence-corrected chi connectivity index (χ0v) is 25.5. The Morgan fingerprint density at radius 3 is 2.45 bits per heavy atom. The molecular weight excluding hydrogens is 522 g/mol. The van der Waals surface area contributed by atoms with Crippen LogP contribution in [0.2, 0.25) is 0 Å². The second-order valence-corrected chi connectivity index (χ2v) is 12.3. The molecule has 2 aromatic carbocycles. The van der Waals surface area contributed by atoms with Gasteiger partial charge in [0, 0.05) is 44.7 Å². The lowest BCUT2D eigenvalue weighted by Crippen LogP contribution is -2.48. The number of piperidine rings is 1. The summed E-state index contributed by atoms with van der Waals surface area (Å²) in [6.07, 6.45) is 5.04. The van der Waals surface area contributed by atoms with Crippen molar-refractivity contribution in [1.82, 2.24) is 14.1 Å². The summed E-state index contributed by atoms with van der Waals surface area (Å²) >= 11 is -1.46. The van der Waals surface area contributed by atoms with Crippen LogP contribution in [0.4, 0.5) is 4.79 Å². The second-order valence-electron chi connectivity index (χ2n) is 11.1. The van der Waals surface area contributed by atoms with E-state index >= 15 is 0 Å². The molecule has 2 unspecified atom stereocenters. The molecule has 220 valence electrons. The van der Waals surface area contributed by atoms with Crippen LogP contribution in [0.1, 0.15) is 56.2 Å². The first-order valence-corrected chi connectivity index (χ1v) is 15.4. The third-order valence-corrected chi connectivity index (χ3v) is 8.71. The number of aryl methyl sites for hydroxylation is 1. The van der Waals surface area contributed by atoms with Crippen LogP contribution in [-0.4, -0.2) is 76.8 Å². The van der Waals surface area contributed by atoms with Crippen molar-refractivity contribution in [2.45, 2.75) is 64.5 Å². The van der Waals surface area contributed by atoms with Gasteiger partial charge in [-0.15, -0.1) is 6.58 Å². The zero-order valence-electron chi connectivity index (χ0n) is 24.7. The highest BCUT2D eigenvalue weighted by Crippen LogP contribution is 2.30. The number of hydrogen-bond donors (Lipinski definition) is 0. The first kappa shape index (κ1) is 32.0. The smallest absolute Gasteiger partial charge is 0.410 e. The molecule has 1 saturated heterocycles. The fourth-order valence-electron chi connectivity index (χ4n) is 5.23. The van der Waals surface area contributed by atoms with Gasteiger partial charge in [0.15, 0.2) is 0 Å². The molecule has 1 heterocycles. The number of amides is 1. The summed E-state index contributed by atoms with van der Waals surface area (Å²) in [5, 5.41) is 0. The van der Waals surface area contributed by atoms with Crippen molar-refractivity contribution in [2.75, 3.05) is 46.4 Å². The van der Waals surface area contributed by atoms with Crippen LogP contribution >= 0.6 is 0 Å². The van der Waals surface area contributed by atoms with Crippen LogP contribution in [-0.2, 0) is 32.2 Å². The van der Waals surface area contributed by atoms with E-state index in [0.717, 1.165) is 50.9 Å². The van der Waals surface area contributed by atoms with Gasteiger partial charge in [0.1, 0.15) is 6.61 Å². The van der Waals surface area contributed by atoms with E-state index in [1.54, 1.807) is 6.08 Å². The molecule has 1 amide bonds. The van der Waals surface area contributed by atoms with Gasteiger partial charge in [-0.25, -0.2) is 13.3 Å². The van der Waals surface area contributed by atoms with Gasteiger partial charge in [-0.3, -0.25) is 4.18 Å². The number of ether oxygens (including phenoxy) is 1. The van der Waals surface area contributed by atoms with Gasteiger partial charge < -0.3 is 14.5 Å². The minimum Gasteiger partial charge on any atom is -0.445 e. The molecule has 1 aliphatic heterocycles. The summed E-state index contributed by atoms with van der Waals surface area (Å²) in [4.78, 5) is 17.3. The number of nitrogens with zero attached hydrogens (tertiary/aromatic N) is 3. The molecule has 0 aromatic heterocycles. The predicted molar refractivity (Wildman–Crippen MR) is 163 cm³/mol. The van der Waals surface area contributed by atoms with Crippen LogP contribution in [0.5, 0.6) is 0 Å². The third kappa shape index (κ3) is 9.54. The Balaban J connectivity index is 1.56. The highest BCUT2D eigenvalue weighted by Gasteiger charge is 2.33. The van der Waals surface area contributed by atoms with Crippen LogP contribution in [0, 0.1) is 6.92 Å². The highest BCUT2D eigenvalue weighted by molar-refractivity contribution is 7.77. The van der Waals surface area contributed by atoms with Gasteiger partial charge in [0.2, 0.25) is 11.3 Å². The predicted octanol–water partition coefficient (Wildman–Crippen LogP) is 5.87. The van der Waals surface area contributed by atoms with Crippen molar-refractivity contribution >= 4 is 17.4 Å². The van der Waals surface area contributed by atoms with Gasteiger partial charge in [-0.2, -0.15) is 0 Å². The van der Waals surface area contributed by atoms with Crippen LogP contribution in [0.3, 0.4) is 0 Å². The lowest BCUT2D eigenvalue weighted by atomic mass is 9.79. The molecule has 1 fully saturated rings. The van der Waals surface area contributed by atoms with Crippen molar-refractivity contribution in [3.05, 3.63) is 83.9 Å². The zero-order chi connectivity index (χ0) is 29.0. The SMILES string of the molecule is C=CCN(C(=O)OCc1ccc(C)cc1)C1CCN(CCC(C)(CN(C)S(=O)OCCC)c2ccccc2)CC1. The van der Waals surface area contributed by atoms with Gasteiger partial charge in [0.05, 0.1) is 6.61 Å². The van der Waals surface area contributed by atoms with Crippen molar-refractivity contribution < 1.29 is 17.9 Å². The van der Waals surface area contributed by atoms with Crippen molar-refractivity contribution in [3.8, 4) is 0 Å². The van der Waals surface area contributed by atoms with Gasteiger partial charge in [-0.05, 0) is 50.3 Å². The molecule has 7 nitrogen and oxygen atoms in total. The first-order chi connectivity index (χ1) is 19.3. The second kappa shape index (κ2) is 16.1. The molecule has 0 spiro atoms. The molecule has 2 aromatic rings. The van der Waals surface area contributed by atoms with E-state index in [2.05, 4.69) is 42.7 Å². The fourth-order valence-corrected chi connectivity index (χ4v) is 6.11. The molecule has 0 radical (unpaired) electrons. The third-order valence-electron chi connectivity index (χ3n) is 7.71. The Morgan fingerprint density at radius 1 is 1.15 bits per heavy atom. The maximum absolute atomic E-state index is 13.0. The summed E-state index contributed by atoms with van der Waals surface area (Å²) in [6, 6.07) is 18.7. The average Bonchev–Trinajstić information content (AvgIpc) is 2.98. The molecule has 0 aliphatic carbocycles. The van der Waals surface area contributed by atoms with E-state index in [1.165, 1.54) is 11.1 Å². The molecule has 2 atom stereocenters. The standard InChI is InChI=1S/C32H47N3O4S/c1-6-20-35(31(36)38-25-28-15-13-27(3)14-16-28)30-17-21-34(22-18-30)23-19-32(4,29-11-9-8-10-12-29)26-33(5)40(37)39-24-7-2/h6,8-16,30H,1,7,17-26H2,2-5H3. The van der Waals surface area contributed by atoms with Crippen molar-refractivity contribution in [2.24, 2.45) is 0 Å². The topological polar surface area (TPSA) is 62.3 Å². The van der Waals surface area contributed by atoms with Crippen LogP contribution in [0.25, 0.3) is 0 Å². The minimum atomic E-state index is -1.46. The normalized spacial score (nSPS) is 16.8. The van der Waals surface area contributed by atoms with Gasteiger partial charge in [0.25, 0.3) is 0 Å². The molecule has 0 N–H and O–H groups in total. The maximum Gasteiger partial charge on any atom is 0.410 e. The Labute approximate surface area is 243 Å². The fraction of sp³-hybridized carbons (Fsp3) is 0.531. The van der Waals surface area contributed by atoms with E-state index < -0.39 is 11.3 Å². The Kier molecular flexibility index (Phi) is 12.8. The van der Waals surface area contributed by atoms with E-state index in [-0.39, 0.29) is 24.2 Å². The number of carbonyl (C=O) groups is 1. The molecule has 1 aliphatic rings. The van der Waals surface area contributed by atoms with Crippen LogP contribution in [0.15, 0.2) is 67.3 Å². The van der Waals surface area contributed by atoms with Crippen LogP contribution < -0.4 is 0 Å². The molecular formula is C32H47N3O4S. The van der Waals surface area contributed by atoms with E-state index in [4.69, 9.17) is 8.92 Å². The molecule has 0 bridgehead atoms. The van der Waals surface area contributed by atoms with E-state index in [9.17, 15) is 9.00 Å². The number of likely N-dealkylation sites (tertiary alicyclic amines) is 1. The Hall–Kier alpha value is -2.52. The van der Waals surface area contributed by atoms with Crippen molar-refractivity contribution in [1.29, 1.82) is 0 Å². The summed E-state index contributed by atoms with van der Waals surface area (Å²) in [5.74, 6) is 0. The largest absolute Gasteiger partial charge is 0.445 e. The monoisotopic (exact) mass is 569 g/mol. The van der Waals surface area contributed by atoms with Gasteiger partial charge in [-0.1, -0.05) is 80.1 Å². The highest BCUT2D eigenvalue weighted by atomic mass is 32.2. The molecule has 3 rings (SSSR count). The van der Waals surface area contributed by atoms with Gasteiger partial charge >= 0.3 is 6.09 Å². The number of rotatable bonds is 15. The summed E-state index contributed by atoms with van der Waals surface area (Å²) in [7, 11) is 1.87. The first-order valence-electron chi connectivity index (χ1n) is 14.4.